The first-order chi connectivity index (χ1) is 9.94. The minimum atomic E-state index is 0.504. The molecule has 1 aromatic heterocycles. The predicted molar refractivity (Wildman–Crippen MR) is 88.2 cm³/mol. The minimum Gasteiger partial charge on any atom is -0.468 e. The van der Waals surface area contributed by atoms with Crippen LogP contribution in [0.3, 0.4) is 0 Å². The van der Waals surface area contributed by atoms with Gasteiger partial charge in [-0.2, -0.15) is 0 Å². The molecule has 1 saturated heterocycles. The molecule has 0 unspecified atom stereocenters. The average Bonchev–Trinajstić information content (AvgIpc) is 2.75. The van der Waals surface area contributed by atoms with E-state index in [1.807, 2.05) is 6.26 Å². The van der Waals surface area contributed by atoms with Crippen molar-refractivity contribution in [1.82, 2.24) is 10.2 Å². The van der Waals surface area contributed by atoms with E-state index in [2.05, 4.69) is 44.0 Å². The summed E-state index contributed by atoms with van der Waals surface area (Å²) in [4.78, 5) is 2.54. The van der Waals surface area contributed by atoms with Crippen molar-refractivity contribution >= 4 is 0 Å². The third kappa shape index (κ3) is 5.84. The van der Waals surface area contributed by atoms with Crippen LogP contribution >= 0.6 is 0 Å². The van der Waals surface area contributed by atoms with E-state index in [-0.39, 0.29) is 0 Å². The Kier molecular flexibility index (Phi) is 5.88. The van der Waals surface area contributed by atoms with E-state index < -0.39 is 0 Å². The summed E-state index contributed by atoms with van der Waals surface area (Å²) in [7, 11) is 0. The molecule has 21 heavy (non-hydrogen) atoms. The molecule has 3 heteroatoms. The summed E-state index contributed by atoms with van der Waals surface area (Å²) in [6.45, 7) is 14.6. The van der Waals surface area contributed by atoms with E-state index in [1.54, 1.807) is 0 Å². The van der Waals surface area contributed by atoms with Crippen molar-refractivity contribution in [2.24, 2.45) is 11.3 Å². The van der Waals surface area contributed by atoms with E-state index in [1.165, 1.54) is 37.9 Å². The predicted octanol–water partition coefficient (Wildman–Crippen LogP) is 4.04. The molecule has 2 rings (SSSR count). The molecule has 0 atom stereocenters. The highest BCUT2D eigenvalue weighted by atomic mass is 16.3. The second-order valence-electron chi connectivity index (χ2n) is 7.74. The summed E-state index contributed by atoms with van der Waals surface area (Å²) in [6, 6.07) is 2.21. The van der Waals surface area contributed by atoms with Gasteiger partial charge in [0.1, 0.15) is 5.76 Å². The quantitative estimate of drug-likeness (QED) is 0.858. The van der Waals surface area contributed by atoms with E-state index in [4.69, 9.17) is 4.42 Å². The van der Waals surface area contributed by atoms with Crippen molar-refractivity contribution in [3.8, 4) is 0 Å². The van der Waals surface area contributed by atoms with Crippen LogP contribution in [0.4, 0.5) is 0 Å². The standard InChI is InChI=1S/C18H32N2O/c1-15(2)11-19-12-16-10-17(21-14-16)13-20-8-5-6-18(3,4)7-9-20/h10,14-15,19H,5-9,11-13H2,1-4H3. The maximum Gasteiger partial charge on any atom is 0.118 e. The monoisotopic (exact) mass is 292 g/mol. The van der Waals surface area contributed by atoms with Crippen LogP contribution in [-0.4, -0.2) is 24.5 Å². The van der Waals surface area contributed by atoms with Crippen LogP contribution < -0.4 is 5.32 Å². The van der Waals surface area contributed by atoms with Gasteiger partial charge in [-0.15, -0.1) is 0 Å². The molecular weight excluding hydrogens is 260 g/mol. The van der Waals surface area contributed by atoms with Gasteiger partial charge in [-0.25, -0.2) is 0 Å². The number of nitrogens with zero attached hydrogens (tertiary/aromatic N) is 1. The van der Waals surface area contributed by atoms with E-state index in [0.717, 1.165) is 25.4 Å². The Balaban J connectivity index is 1.79. The van der Waals surface area contributed by atoms with Crippen LogP contribution in [0.15, 0.2) is 16.7 Å². The molecule has 0 radical (unpaired) electrons. The van der Waals surface area contributed by atoms with Crippen LogP contribution in [0.25, 0.3) is 0 Å². The zero-order valence-corrected chi connectivity index (χ0v) is 14.2. The lowest BCUT2D eigenvalue weighted by atomic mass is 9.85. The minimum absolute atomic E-state index is 0.504. The van der Waals surface area contributed by atoms with Gasteiger partial charge in [-0.1, -0.05) is 27.7 Å². The lowest BCUT2D eigenvalue weighted by Crippen LogP contribution is -2.24. The molecule has 1 aliphatic rings. The molecule has 120 valence electrons. The fourth-order valence-electron chi connectivity index (χ4n) is 2.96. The number of likely N-dealkylation sites (tertiary alicyclic amines) is 1. The number of hydrogen-bond donors (Lipinski definition) is 1. The Labute approximate surface area is 130 Å². The van der Waals surface area contributed by atoms with Gasteiger partial charge in [0.2, 0.25) is 0 Å². The first kappa shape index (κ1) is 16.6. The SMILES string of the molecule is CC(C)CNCc1coc(CN2CCCC(C)(C)CC2)c1. The molecule has 1 N–H and O–H groups in total. The smallest absolute Gasteiger partial charge is 0.118 e. The van der Waals surface area contributed by atoms with Gasteiger partial charge in [0.25, 0.3) is 0 Å². The average molecular weight is 292 g/mol. The maximum atomic E-state index is 5.74. The molecule has 3 nitrogen and oxygen atoms in total. The summed E-state index contributed by atoms with van der Waals surface area (Å²) >= 11 is 0. The van der Waals surface area contributed by atoms with E-state index >= 15 is 0 Å². The molecule has 1 fully saturated rings. The topological polar surface area (TPSA) is 28.4 Å². The second-order valence-corrected chi connectivity index (χ2v) is 7.74. The first-order valence-corrected chi connectivity index (χ1v) is 8.44. The number of furan rings is 1. The molecule has 0 aliphatic carbocycles. The van der Waals surface area contributed by atoms with Gasteiger partial charge >= 0.3 is 0 Å². The zero-order chi connectivity index (χ0) is 15.3. The van der Waals surface area contributed by atoms with Crippen molar-refractivity contribution < 1.29 is 4.42 Å². The van der Waals surface area contributed by atoms with Crippen LogP contribution in [0.5, 0.6) is 0 Å². The molecular formula is C18H32N2O. The summed E-state index contributed by atoms with van der Waals surface area (Å²) < 4.78 is 5.74. The summed E-state index contributed by atoms with van der Waals surface area (Å²) in [5.41, 5.74) is 1.77. The highest BCUT2D eigenvalue weighted by molar-refractivity contribution is 5.12. The highest BCUT2D eigenvalue weighted by Crippen LogP contribution is 2.30. The van der Waals surface area contributed by atoms with Crippen LogP contribution in [0, 0.1) is 11.3 Å². The zero-order valence-electron chi connectivity index (χ0n) is 14.2. The summed E-state index contributed by atoms with van der Waals surface area (Å²) in [5.74, 6) is 1.80. The molecule has 0 spiro atoms. The second kappa shape index (κ2) is 7.46. The van der Waals surface area contributed by atoms with E-state index in [9.17, 15) is 0 Å². The normalized spacial score (nSPS) is 19.9. The lowest BCUT2D eigenvalue weighted by molar-refractivity contribution is 0.238. The first-order valence-electron chi connectivity index (χ1n) is 8.44. The Morgan fingerprint density at radius 2 is 2.10 bits per heavy atom. The molecule has 2 heterocycles. The summed E-state index contributed by atoms with van der Waals surface area (Å²) in [6.07, 6.45) is 5.84. The van der Waals surface area contributed by atoms with Crippen LogP contribution in [0.1, 0.15) is 58.3 Å². The molecule has 1 aromatic rings. The fraction of sp³-hybridized carbons (Fsp3) is 0.778. The van der Waals surface area contributed by atoms with Gasteiger partial charge in [-0.3, -0.25) is 4.90 Å². The molecule has 0 amide bonds. The Morgan fingerprint density at radius 1 is 1.29 bits per heavy atom. The van der Waals surface area contributed by atoms with Crippen molar-refractivity contribution in [2.45, 2.75) is 60.0 Å². The molecule has 1 aliphatic heterocycles. The number of rotatable bonds is 6. The van der Waals surface area contributed by atoms with Gasteiger partial charge in [0, 0.05) is 12.1 Å². The third-order valence-corrected chi connectivity index (χ3v) is 4.40. The molecule has 0 saturated carbocycles. The third-order valence-electron chi connectivity index (χ3n) is 4.40. The number of nitrogens with one attached hydrogen (secondary N) is 1. The van der Waals surface area contributed by atoms with Crippen molar-refractivity contribution in [1.29, 1.82) is 0 Å². The van der Waals surface area contributed by atoms with Gasteiger partial charge in [-0.05, 0) is 56.3 Å². The maximum absolute atomic E-state index is 5.74. The highest BCUT2D eigenvalue weighted by Gasteiger charge is 2.23. The van der Waals surface area contributed by atoms with Crippen molar-refractivity contribution in [3.05, 3.63) is 23.7 Å². The molecule has 0 aromatic carbocycles. The van der Waals surface area contributed by atoms with Crippen molar-refractivity contribution in [3.63, 3.8) is 0 Å². The van der Waals surface area contributed by atoms with Gasteiger partial charge < -0.3 is 9.73 Å². The Bertz CT molecular complexity index is 423. The Morgan fingerprint density at radius 3 is 2.86 bits per heavy atom. The Hall–Kier alpha value is -0.800. The fourth-order valence-corrected chi connectivity index (χ4v) is 2.96. The summed E-state index contributed by atoms with van der Waals surface area (Å²) in [5, 5.41) is 3.47. The van der Waals surface area contributed by atoms with Crippen LogP contribution in [0.2, 0.25) is 0 Å². The van der Waals surface area contributed by atoms with Gasteiger partial charge in [0.15, 0.2) is 0 Å². The van der Waals surface area contributed by atoms with E-state index in [0.29, 0.717) is 11.3 Å². The van der Waals surface area contributed by atoms with Crippen molar-refractivity contribution in [2.75, 3.05) is 19.6 Å². The lowest BCUT2D eigenvalue weighted by Gasteiger charge is -2.22. The molecule has 0 bridgehead atoms. The van der Waals surface area contributed by atoms with Gasteiger partial charge in [0.05, 0.1) is 12.8 Å². The van der Waals surface area contributed by atoms with Crippen LogP contribution in [-0.2, 0) is 13.1 Å². The number of hydrogen-bond acceptors (Lipinski definition) is 3. The largest absolute Gasteiger partial charge is 0.468 e.